The Hall–Kier alpha value is -2.61. The Balaban J connectivity index is 1.73. The summed E-state index contributed by atoms with van der Waals surface area (Å²) >= 11 is 0. The predicted octanol–water partition coefficient (Wildman–Crippen LogP) is 3.19. The average Bonchev–Trinajstić information content (AvgIpc) is 2.62. The molecule has 2 heterocycles. The number of ether oxygens (including phenoxy) is 1. The highest BCUT2D eigenvalue weighted by atomic mass is 19.4. The van der Waals surface area contributed by atoms with Crippen molar-refractivity contribution in [1.29, 1.82) is 0 Å². The largest absolute Gasteiger partial charge is 0.417 e. The van der Waals surface area contributed by atoms with E-state index in [2.05, 4.69) is 15.2 Å². The molecule has 1 amide bonds. The summed E-state index contributed by atoms with van der Waals surface area (Å²) in [5, 5.41) is 2.41. The maximum Gasteiger partial charge on any atom is 0.417 e. The van der Waals surface area contributed by atoms with Crippen LogP contribution in [0, 0.1) is 0 Å². The van der Waals surface area contributed by atoms with Crippen LogP contribution in [0.2, 0.25) is 0 Å². The molecule has 1 N–H and O–H groups in total. The number of nitrogens with one attached hydrogen (secondary N) is 1. The summed E-state index contributed by atoms with van der Waals surface area (Å²) in [4.78, 5) is 18.4. The highest BCUT2D eigenvalue weighted by Crippen LogP contribution is 2.32. The Labute approximate surface area is 142 Å². The zero-order valence-corrected chi connectivity index (χ0v) is 13.2. The van der Waals surface area contributed by atoms with Gasteiger partial charge in [0.15, 0.2) is 0 Å². The molecule has 3 rings (SSSR count). The van der Waals surface area contributed by atoms with Crippen LogP contribution >= 0.6 is 0 Å². The first-order chi connectivity index (χ1) is 11.9. The molecule has 0 spiro atoms. The third-order valence-corrected chi connectivity index (χ3v) is 3.84. The van der Waals surface area contributed by atoms with E-state index in [1.807, 2.05) is 0 Å². The zero-order valence-electron chi connectivity index (χ0n) is 13.2. The van der Waals surface area contributed by atoms with Gasteiger partial charge in [-0.2, -0.15) is 13.2 Å². The van der Waals surface area contributed by atoms with Gasteiger partial charge >= 0.3 is 6.18 Å². The molecule has 0 aliphatic carbocycles. The molecule has 132 valence electrons. The molecule has 2 aromatic rings. The molecule has 1 fully saturated rings. The molecule has 1 saturated heterocycles. The fraction of sp³-hybridized carbons (Fsp3) is 0.294. The molecule has 1 aromatic carbocycles. The second-order valence-corrected chi connectivity index (χ2v) is 5.50. The Bertz CT molecular complexity index is 742. The number of aromatic nitrogens is 1. The van der Waals surface area contributed by atoms with Crippen molar-refractivity contribution < 1.29 is 22.7 Å². The maximum absolute atomic E-state index is 13.0. The van der Waals surface area contributed by atoms with Crippen LogP contribution in [0.3, 0.4) is 0 Å². The van der Waals surface area contributed by atoms with Gasteiger partial charge in [-0.3, -0.25) is 4.79 Å². The number of morpholine rings is 1. The first-order valence-corrected chi connectivity index (χ1v) is 7.71. The van der Waals surface area contributed by atoms with Crippen LogP contribution in [0.1, 0.15) is 15.9 Å². The molecular formula is C17H16F3N3O2. The van der Waals surface area contributed by atoms with Gasteiger partial charge in [0, 0.05) is 13.1 Å². The number of rotatable bonds is 3. The molecule has 0 atom stereocenters. The van der Waals surface area contributed by atoms with Crippen molar-refractivity contribution in [3.63, 3.8) is 0 Å². The Kier molecular flexibility index (Phi) is 4.89. The number of carbonyl (C=O) groups is 1. The van der Waals surface area contributed by atoms with Crippen LogP contribution in [0.4, 0.5) is 24.7 Å². The van der Waals surface area contributed by atoms with Crippen LogP contribution in [0.25, 0.3) is 0 Å². The van der Waals surface area contributed by atoms with E-state index in [0.717, 1.165) is 30.9 Å². The number of hydrogen-bond acceptors (Lipinski definition) is 4. The molecule has 0 radical (unpaired) electrons. The lowest BCUT2D eigenvalue weighted by Gasteiger charge is -2.28. The zero-order chi connectivity index (χ0) is 17.9. The first-order valence-electron chi connectivity index (χ1n) is 7.71. The van der Waals surface area contributed by atoms with Crippen LogP contribution < -0.4 is 10.2 Å². The van der Waals surface area contributed by atoms with Crippen molar-refractivity contribution in [3.05, 3.63) is 53.7 Å². The van der Waals surface area contributed by atoms with Gasteiger partial charge < -0.3 is 15.0 Å². The third-order valence-electron chi connectivity index (χ3n) is 3.84. The molecule has 8 heteroatoms. The third kappa shape index (κ3) is 4.08. The summed E-state index contributed by atoms with van der Waals surface area (Å²) in [6.45, 7) is 2.75. The van der Waals surface area contributed by atoms with Gasteiger partial charge in [0.2, 0.25) is 0 Å². The lowest BCUT2D eigenvalue weighted by atomic mass is 10.1. The van der Waals surface area contributed by atoms with Gasteiger partial charge in [0.1, 0.15) is 5.82 Å². The second kappa shape index (κ2) is 7.10. The fourth-order valence-electron chi connectivity index (χ4n) is 2.58. The van der Waals surface area contributed by atoms with Crippen molar-refractivity contribution in [2.45, 2.75) is 6.18 Å². The molecule has 1 aliphatic rings. The SMILES string of the molecule is O=C(Nc1ccc(N2CCOCC2)cn1)c1ccccc1C(F)(F)F. The van der Waals surface area contributed by atoms with Crippen molar-refractivity contribution in [3.8, 4) is 0 Å². The van der Waals surface area contributed by atoms with E-state index < -0.39 is 23.2 Å². The van der Waals surface area contributed by atoms with Crippen LogP contribution in [0.5, 0.6) is 0 Å². The molecule has 0 bridgehead atoms. The number of anilines is 2. The standard InChI is InChI=1S/C17H16F3N3O2/c18-17(19,20)14-4-2-1-3-13(14)16(24)22-15-6-5-12(11-21-15)23-7-9-25-10-8-23/h1-6,11H,7-10H2,(H,21,22,24). The van der Waals surface area contributed by atoms with Crippen LogP contribution in [0.15, 0.2) is 42.6 Å². The number of benzene rings is 1. The van der Waals surface area contributed by atoms with E-state index >= 15 is 0 Å². The number of carbonyl (C=O) groups excluding carboxylic acids is 1. The molecule has 25 heavy (non-hydrogen) atoms. The number of alkyl halides is 3. The molecule has 1 aliphatic heterocycles. The van der Waals surface area contributed by atoms with E-state index in [-0.39, 0.29) is 5.82 Å². The van der Waals surface area contributed by atoms with Gasteiger partial charge in [-0.1, -0.05) is 12.1 Å². The summed E-state index contributed by atoms with van der Waals surface area (Å²) in [5.41, 5.74) is -0.538. The van der Waals surface area contributed by atoms with Crippen molar-refractivity contribution in [2.75, 3.05) is 36.5 Å². The minimum Gasteiger partial charge on any atom is -0.378 e. The Morgan fingerprint density at radius 2 is 1.84 bits per heavy atom. The Morgan fingerprint density at radius 1 is 1.12 bits per heavy atom. The highest BCUT2D eigenvalue weighted by Gasteiger charge is 2.34. The minimum absolute atomic E-state index is 0.194. The highest BCUT2D eigenvalue weighted by molar-refractivity contribution is 6.05. The molecule has 1 aromatic heterocycles. The van der Waals surface area contributed by atoms with E-state index in [9.17, 15) is 18.0 Å². The average molecular weight is 351 g/mol. The van der Waals surface area contributed by atoms with Gasteiger partial charge in [0.25, 0.3) is 5.91 Å². The first kappa shape index (κ1) is 17.2. The number of nitrogens with zero attached hydrogens (tertiary/aromatic N) is 2. The Morgan fingerprint density at radius 3 is 2.48 bits per heavy atom. The normalized spacial score (nSPS) is 15.1. The summed E-state index contributed by atoms with van der Waals surface area (Å²) in [7, 11) is 0. The molecular weight excluding hydrogens is 335 g/mol. The van der Waals surface area contributed by atoms with E-state index in [4.69, 9.17) is 4.74 Å². The number of amides is 1. The number of hydrogen-bond donors (Lipinski definition) is 1. The lowest BCUT2D eigenvalue weighted by molar-refractivity contribution is -0.137. The van der Waals surface area contributed by atoms with Gasteiger partial charge in [-0.25, -0.2) is 4.98 Å². The number of halogens is 3. The molecule has 0 unspecified atom stereocenters. The summed E-state index contributed by atoms with van der Waals surface area (Å²) in [5.74, 6) is -0.654. The van der Waals surface area contributed by atoms with Crippen LogP contribution in [-0.4, -0.2) is 37.2 Å². The van der Waals surface area contributed by atoms with E-state index in [1.165, 1.54) is 12.1 Å². The van der Waals surface area contributed by atoms with Crippen molar-refractivity contribution in [1.82, 2.24) is 4.98 Å². The summed E-state index contributed by atoms with van der Waals surface area (Å²) in [6.07, 6.45) is -3.02. The fourth-order valence-corrected chi connectivity index (χ4v) is 2.58. The van der Waals surface area contributed by atoms with Crippen molar-refractivity contribution >= 4 is 17.4 Å². The quantitative estimate of drug-likeness (QED) is 0.923. The lowest BCUT2D eigenvalue weighted by Crippen LogP contribution is -2.36. The predicted molar refractivity (Wildman–Crippen MR) is 86.7 cm³/mol. The van der Waals surface area contributed by atoms with Crippen LogP contribution in [-0.2, 0) is 10.9 Å². The number of pyridine rings is 1. The summed E-state index contributed by atoms with van der Waals surface area (Å²) < 4.78 is 44.3. The van der Waals surface area contributed by atoms with Gasteiger partial charge in [-0.05, 0) is 24.3 Å². The molecule has 0 saturated carbocycles. The maximum atomic E-state index is 13.0. The van der Waals surface area contributed by atoms with E-state index in [0.29, 0.717) is 13.2 Å². The van der Waals surface area contributed by atoms with Gasteiger partial charge in [-0.15, -0.1) is 0 Å². The minimum atomic E-state index is -4.60. The monoisotopic (exact) mass is 351 g/mol. The van der Waals surface area contributed by atoms with E-state index in [1.54, 1.807) is 18.3 Å². The topological polar surface area (TPSA) is 54.5 Å². The van der Waals surface area contributed by atoms with Crippen molar-refractivity contribution in [2.24, 2.45) is 0 Å². The van der Waals surface area contributed by atoms with Gasteiger partial charge in [0.05, 0.1) is 36.2 Å². The second-order valence-electron chi connectivity index (χ2n) is 5.50. The molecule has 5 nitrogen and oxygen atoms in total. The summed E-state index contributed by atoms with van der Waals surface area (Å²) in [6, 6.07) is 7.99. The smallest absolute Gasteiger partial charge is 0.378 e.